The van der Waals surface area contributed by atoms with Crippen molar-refractivity contribution in [2.45, 2.75) is 0 Å². The predicted octanol–water partition coefficient (Wildman–Crippen LogP) is 4.10. The Bertz CT molecular complexity index is 849. The Morgan fingerprint density at radius 1 is 1.18 bits per heavy atom. The van der Waals surface area contributed by atoms with Crippen LogP contribution in [-0.2, 0) is 0 Å². The molecular formula is C17H13IN2O2. The first-order valence-electron chi connectivity index (χ1n) is 6.67. The molecule has 1 aromatic heterocycles. The summed E-state index contributed by atoms with van der Waals surface area (Å²) < 4.78 is 6.19. The zero-order chi connectivity index (χ0) is 15.5. The third kappa shape index (κ3) is 2.89. The summed E-state index contributed by atoms with van der Waals surface area (Å²) in [7, 11) is 1.60. The Kier molecular flexibility index (Phi) is 4.24. The number of fused-ring (bicyclic) bond motifs is 1. The first-order valence-corrected chi connectivity index (χ1v) is 7.75. The quantitative estimate of drug-likeness (QED) is 0.669. The number of halogens is 1. The van der Waals surface area contributed by atoms with Crippen LogP contribution >= 0.6 is 22.6 Å². The molecule has 0 aliphatic rings. The fourth-order valence-electron chi connectivity index (χ4n) is 2.21. The second-order valence-corrected chi connectivity index (χ2v) is 5.85. The summed E-state index contributed by atoms with van der Waals surface area (Å²) in [6, 6.07) is 14.9. The molecule has 0 saturated heterocycles. The lowest BCUT2D eigenvalue weighted by molar-refractivity contribution is 0.102. The topological polar surface area (TPSA) is 51.2 Å². The monoisotopic (exact) mass is 404 g/mol. The number of rotatable bonds is 3. The van der Waals surface area contributed by atoms with Gasteiger partial charge in [0.05, 0.1) is 23.9 Å². The lowest BCUT2D eigenvalue weighted by Gasteiger charge is -2.11. The number of nitrogens with one attached hydrogen (secondary N) is 1. The zero-order valence-electron chi connectivity index (χ0n) is 11.8. The number of carbonyl (C=O) groups is 1. The smallest absolute Gasteiger partial charge is 0.256 e. The number of nitrogens with zero attached hydrogens (tertiary/aromatic N) is 1. The van der Waals surface area contributed by atoms with Crippen LogP contribution in [0.2, 0.25) is 0 Å². The summed E-state index contributed by atoms with van der Waals surface area (Å²) in [6.45, 7) is 0. The molecule has 2 aromatic carbocycles. The van der Waals surface area contributed by atoms with E-state index in [1.807, 2.05) is 36.4 Å². The highest BCUT2D eigenvalue weighted by molar-refractivity contribution is 14.1. The molecule has 110 valence electrons. The molecule has 3 aromatic rings. The van der Waals surface area contributed by atoms with Gasteiger partial charge in [0.1, 0.15) is 5.75 Å². The minimum atomic E-state index is -0.162. The first-order chi connectivity index (χ1) is 10.7. The highest BCUT2D eigenvalue weighted by atomic mass is 127. The molecule has 3 rings (SSSR count). The van der Waals surface area contributed by atoms with Crippen molar-refractivity contribution in [3.63, 3.8) is 0 Å². The minimum Gasteiger partial charge on any atom is -0.497 e. The van der Waals surface area contributed by atoms with Gasteiger partial charge in [-0.1, -0.05) is 18.2 Å². The molecule has 0 radical (unpaired) electrons. The summed E-state index contributed by atoms with van der Waals surface area (Å²) in [4.78, 5) is 16.8. The molecule has 0 unspecified atom stereocenters. The predicted molar refractivity (Wildman–Crippen MR) is 95.4 cm³/mol. The number of pyridine rings is 1. The van der Waals surface area contributed by atoms with Crippen LogP contribution in [0, 0.1) is 3.57 Å². The maximum Gasteiger partial charge on any atom is 0.256 e. The van der Waals surface area contributed by atoms with Crippen molar-refractivity contribution in [3.05, 3.63) is 63.9 Å². The van der Waals surface area contributed by atoms with E-state index in [9.17, 15) is 4.79 Å². The van der Waals surface area contributed by atoms with E-state index in [2.05, 4.69) is 32.9 Å². The fraction of sp³-hybridized carbons (Fsp3) is 0.0588. The van der Waals surface area contributed by atoms with Gasteiger partial charge in [-0.3, -0.25) is 9.78 Å². The third-order valence-corrected chi connectivity index (χ3v) is 4.22. The lowest BCUT2D eigenvalue weighted by atomic mass is 10.1. The van der Waals surface area contributed by atoms with Crippen molar-refractivity contribution < 1.29 is 9.53 Å². The molecule has 0 saturated carbocycles. The van der Waals surface area contributed by atoms with Gasteiger partial charge in [0.25, 0.3) is 5.91 Å². The normalized spacial score (nSPS) is 10.5. The van der Waals surface area contributed by atoms with Crippen molar-refractivity contribution in [1.29, 1.82) is 0 Å². The molecule has 5 heteroatoms. The third-order valence-electron chi connectivity index (χ3n) is 3.28. The molecule has 0 aliphatic carbocycles. The van der Waals surface area contributed by atoms with Gasteiger partial charge in [-0.15, -0.1) is 0 Å². The molecule has 1 amide bonds. The van der Waals surface area contributed by atoms with E-state index >= 15 is 0 Å². The number of hydrogen-bond donors (Lipinski definition) is 1. The molecule has 0 atom stereocenters. The average molecular weight is 404 g/mol. The van der Waals surface area contributed by atoms with Gasteiger partial charge in [-0.05, 0) is 46.9 Å². The maximum absolute atomic E-state index is 12.5. The number of anilines is 1. The van der Waals surface area contributed by atoms with Crippen LogP contribution in [-0.4, -0.2) is 18.0 Å². The highest BCUT2D eigenvalue weighted by Crippen LogP contribution is 2.28. The SMILES string of the molecule is COc1cc(NC(=O)c2ccccc2I)c2ncccc2c1. The second kappa shape index (κ2) is 6.31. The molecule has 0 fully saturated rings. The first kappa shape index (κ1) is 14.8. The van der Waals surface area contributed by atoms with Crippen LogP contribution in [0.4, 0.5) is 5.69 Å². The molecule has 22 heavy (non-hydrogen) atoms. The zero-order valence-corrected chi connectivity index (χ0v) is 14.0. The Balaban J connectivity index is 2.03. The minimum absolute atomic E-state index is 0.162. The van der Waals surface area contributed by atoms with E-state index in [0.29, 0.717) is 17.0 Å². The summed E-state index contributed by atoms with van der Waals surface area (Å²) >= 11 is 2.15. The van der Waals surface area contributed by atoms with Crippen LogP contribution in [0.1, 0.15) is 10.4 Å². The van der Waals surface area contributed by atoms with Gasteiger partial charge >= 0.3 is 0 Å². The van der Waals surface area contributed by atoms with Crippen molar-refractivity contribution in [2.75, 3.05) is 12.4 Å². The number of hydrogen-bond acceptors (Lipinski definition) is 3. The number of aromatic nitrogens is 1. The van der Waals surface area contributed by atoms with Gasteiger partial charge in [-0.2, -0.15) is 0 Å². The largest absolute Gasteiger partial charge is 0.497 e. The number of methoxy groups -OCH3 is 1. The van der Waals surface area contributed by atoms with E-state index in [0.717, 1.165) is 14.5 Å². The van der Waals surface area contributed by atoms with Crippen molar-refractivity contribution in [3.8, 4) is 5.75 Å². The Morgan fingerprint density at radius 2 is 2.00 bits per heavy atom. The van der Waals surface area contributed by atoms with Crippen LogP contribution in [0.25, 0.3) is 10.9 Å². The van der Waals surface area contributed by atoms with Crippen molar-refractivity contribution in [2.24, 2.45) is 0 Å². The molecule has 4 nitrogen and oxygen atoms in total. The summed E-state index contributed by atoms with van der Waals surface area (Å²) in [5, 5.41) is 3.85. The summed E-state index contributed by atoms with van der Waals surface area (Å²) in [6.07, 6.45) is 1.71. The van der Waals surface area contributed by atoms with E-state index in [-0.39, 0.29) is 5.91 Å². The van der Waals surface area contributed by atoms with Crippen LogP contribution in [0.3, 0.4) is 0 Å². The standard InChI is InChI=1S/C17H13IN2O2/c1-22-12-9-11-5-4-8-19-16(11)15(10-12)20-17(21)13-6-2-3-7-14(13)18/h2-10H,1H3,(H,20,21). The van der Waals surface area contributed by atoms with E-state index in [1.165, 1.54) is 0 Å². The number of benzene rings is 2. The maximum atomic E-state index is 12.5. The Morgan fingerprint density at radius 3 is 2.77 bits per heavy atom. The van der Waals surface area contributed by atoms with Gasteiger partial charge < -0.3 is 10.1 Å². The van der Waals surface area contributed by atoms with E-state index < -0.39 is 0 Å². The number of amides is 1. The Hall–Kier alpha value is -2.15. The average Bonchev–Trinajstić information content (AvgIpc) is 2.55. The fourth-order valence-corrected chi connectivity index (χ4v) is 2.85. The van der Waals surface area contributed by atoms with Gasteiger partial charge in [0.15, 0.2) is 0 Å². The molecule has 0 aliphatic heterocycles. The summed E-state index contributed by atoms with van der Waals surface area (Å²) in [5.74, 6) is 0.517. The lowest BCUT2D eigenvalue weighted by Crippen LogP contribution is -2.14. The van der Waals surface area contributed by atoms with Crippen molar-refractivity contribution in [1.82, 2.24) is 4.98 Å². The second-order valence-electron chi connectivity index (χ2n) is 4.68. The van der Waals surface area contributed by atoms with Gasteiger partial charge in [-0.25, -0.2) is 0 Å². The van der Waals surface area contributed by atoms with E-state index in [1.54, 1.807) is 25.4 Å². The van der Waals surface area contributed by atoms with Crippen LogP contribution < -0.4 is 10.1 Å². The van der Waals surface area contributed by atoms with Crippen LogP contribution in [0.15, 0.2) is 54.7 Å². The highest BCUT2D eigenvalue weighted by Gasteiger charge is 2.13. The Labute approximate surface area is 141 Å². The molecular weight excluding hydrogens is 391 g/mol. The molecule has 1 heterocycles. The van der Waals surface area contributed by atoms with Gasteiger partial charge in [0, 0.05) is 21.2 Å². The number of ether oxygens (including phenoxy) is 1. The van der Waals surface area contributed by atoms with E-state index in [4.69, 9.17) is 4.74 Å². The van der Waals surface area contributed by atoms with Gasteiger partial charge in [0.2, 0.25) is 0 Å². The van der Waals surface area contributed by atoms with Crippen molar-refractivity contribution >= 4 is 45.1 Å². The number of carbonyl (C=O) groups excluding carboxylic acids is 1. The van der Waals surface area contributed by atoms with Crippen LogP contribution in [0.5, 0.6) is 5.75 Å². The molecule has 1 N–H and O–H groups in total. The summed E-state index contributed by atoms with van der Waals surface area (Å²) in [5.41, 5.74) is 2.01. The molecule has 0 bridgehead atoms. The molecule has 0 spiro atoms.